The first kappa shape index (κ1) is 18.5. The summed E-state index contributed by atoms with van der Waals surface area (Å²) in [6, 6.07) is 10.1. The Morgan fingerprint density at radius 1 is 1.29 bits per heavy atom. The Kier molecular flexibility index (Phi) is 6.85. The molecule has 0 aromatic heterocycles. The van der Waals surface area contributed by atoms with Gasteiger partial charge in [-0.05, 0) is 73.8 Å². The van der Waals surface area contributed by atoms with Crippen molar-refractivity contribution in [2.24, 2.45) is 5.10 Å². The Bertz CT molecular complexity index is 791. The van der Waals surface area contributed by atoms with Crippen LogP contribution in [0.4, 0.5) is 0 Å². The summed E-state index contributed by atoms with van der Waals surface area (Å²) in [7, 11) is 0. The van der Waals surface area contributed by atoms with Gasteiger partial charge in [-0.1, -0.05) is 17.5 Å². The van der Waals surface area contributed by atoms with Gasteiger partial charge in [0.25, 0.3) is 5.91 Å². The van der Waals surface area contributed by atoms with Crippen molar-refractivity contribution in [3.05, 3.63) is 61.5 Å². The van der Waals surface area contributed by atoms with Gasteiger partial charge in [0.15, 0.2) is 0 Å². The van der Waals surface area contributed by atoms with Gasteiger partial charge in [0.2, 0.25) is 0 Å². The Labute approximate surface area is 161 Å². The van der Waals surface area contributed by atoms with Gasteiger partial charge < -0.3 is 4.74 Å². The van der Waals surface area contributed by atoms with Crippen molar-refractivity contribution in [1.82, 2.24) is 5.43 Å². The number of amides is 1. The van der Waals surface area contributed by atoms with Gasteiger partial charge in [-0.25, -0.2) is 5.43 Å². The average molecular weight is 471 g/mol. The summed E-state index contributed by atoms with van der Waals surface area (Å²) in [6.45, 7) is 0.168. The maximum absolute atomic E-state index is 11.9. The number of halogens is 3. The van der Waals surface area contributed by atoms with Crippen LogP contribution in [0.1, 0.15) is 15.9 Å². The number of rotatable bonds is 5. The molecule has 0 saturated heterocycles. The molecule has 0 aliphatic carbocycles. The Morgan fingerprint density at radius 2 is 1.92 bits per heavy atom. The number of terminal acetylenes is 1. The van der Waals surface area contributed by atoms with Crippen molar-refractivity contribution in [3.8, 4) is 18.1 Å². The minimum atomic E-state index is -0.324. The predicted octanol–water partition coefficient (Wildman–Crippen LogP) is 4.64. The summed E-state index contributed by atoms with van der Waals surface area (Å²) in [5.41, 5.74) is 3.69. The standard InChI is InChI=1S/C17H11Br2ClN2O2/c1-2-7-24-16-14(18)8-11(9-15(16)19)10-21-22-17(23)12-3-5-13(20)6-4-12/h1,3-6,8-10H,7H2,(H,22,23)/b21-10-. The molecule has 0 aliphatic rings. The van der Waals surface area contributed by atoms with Gasteiger partial charge >= 0.3 is 0 Å². The van der Waals surface area contributed by atoms with Crippen LogP contribution in [0.15, 0.2) is 50.4 Å². The highest BCUT2D eigenvalue weighted by Gasteiger charge is 2.08. The molecule has 0 fully saturated rings. The zero-order chi connectivity index (χ0) is 17.5. The van der Waals surface area contributed by atoms with Crippen molar-refractivity contribution in [2.45, 2.75) is 0 Å². The van der Waals surface area contributed by atoms with E-state index in [-0.39, 0.29) is 12.5 Å². The normalized spacial score (nSPS) is 10.4. The lowest BCUT2D eigenvalue weighted by Gasteiger charge is -2.08. The van der Waals surface area contributed by atoms with Crippen LogP contribution in [0.2, 0.25) is 5.02 Å². The van der Waals surface area contributed by atoms with Gasteiger partial charge in [0.1, 0.15) is 12.4 Å². The van der Waals surface area contributed by atoms with Crippen LogP contribution in [0.3, 0.4) is 0 Å². The highest BCUT2D eigenvalue weighted by molar-refractivity contribution is 9.11. The first-order valence-electron chi connectivity index (χ1n) is 6.65. The second-order valence-electron chi connectivity index (χ2n) is 4.51. The zero-order valence-electron chi connectivity index (χ0n) is 12.2. The SMILES string of the molecule is C#CCOc1c(Br)cc(/C=N\NC(=O)c2ccc(Cl)cc2)cc1Br. The van der Waals surface area contributed by atoms with Crippen LogP contribution in [-0.4, -0.2) is 18.7 Å². The third-order valence-corrected chi connectivity index (χ3v) is 4.24. The molecule has 0 atom stereocenters. The summed E-state index contributed by atoms with van der Waals surface area (Å²) in [4.78, 5) is 11.9. The van der Waals surface area contributed by atoms with Crippen LogP contribution in [0, 0.1) is 12.3 Å². The summed E-state index contributed by atoms with van der Waals surface area (Å²) in [6.07, 6.45) is 6.70. The van der Waals surface area contributed by atoms with E-state index in [1.807, 2.05) is 0 Å². The highest BCUT2D eigenvalue weighted by atomic mass is 79.9. The fourth-order valence-corrected chi connectivity index (χ4v) is 3.31. The molecule has 2 aromatic carbocycles. The lowest BCUT2D eigenvalue weighted by atomic mass is 10.2. The molecule has 1 N–H and O–H groups in total. The summed E-state index contributed by atoms with van der Waals surface area (Å²) in [5, 5.41) is 4.51. The molecule has 122 valence electrons. The third kappa shape index (κ3) is 5.10. The molecule has 0 saturated carbocycles. The molecule has 0 aliphatic heterocycles. The van der Waals surface area contributed by atoms with E-state index in [2.05, 4.69) is 48.3 Å². The molecule has 4 nitrogen and oxygen atoms in total. The summed E-state index contributed by atoms with van der Waals surface area (Å²) >= 11 is 12.6. The molecular weight excluding hydrogens is 459 g/mol. The first-order valence-corrected chi connectivity index (χ1v) is 8.62. The molecule has 1 amide bonds. The molecular formula is C17H11Br2ClN2O2. The lowest BCUT2D eigenvalue weighted by Crippen LogP contribution is -2.17. The van der Waals surface area contributed by atoms with E-state index in [1.54, 1.807) is 36.4 Å². The maximum Gasteiger partial charge on any atom is 0.271 e. The van der Waals surface area contributed by atoms with Gasteiger partial charge in [0, 0.05) is 10.6 Å². The number of hydrogen-bond acceptors (Lipinski definition) is 3. The fourth-order valence-electron chi connectivity index (χ4n) is 1.74. The largest absolute Gasteiger partial charge is 0.479 e. The van der Waals surface area contributed by atoms with E-state index in [1.165, 1.54) is 6.21 Å². The monoisotopic (exact) mass is 468 g/mol. The molecule has 24 heavy (non-hydrogen) atoms. The van der Waals surface area contributed by atoms with Crippen molar-refractivity contribution < 1.29 is 9.53 Å². The van der Waals surface area contributed by atoms with E-state index >= 15 is 0 Å². The molecule has 0 bridgehead atoms. The smallest absolute Gasteiger partial charge is 0.271 e. The number of benzene rings is 2. The second-order valence-corrected chi connectivity index (χ2v) is 6.66. The average Bonchev–Trinajstić information content (AvgIpc) is 2.54. The van der Waals surface area contributed by atoms with E-state index in [4.69, 9.17) is 22.8 Å². The molecule has 0 spiro atoms. The van der Waals surface area contributed by atoms with Crippen LogP contribution < -0.4 is 10.2 Å². The summed E-state index contributed by atoms with van der Waals surface area (Å²) in [5.74, 6) is 2.69. The highest BCUT2D eigenvalue weighted by Crippen LogP contribution is 2.34. The summed E-state index contributed by atoms with van der Waals surface area (Å²) < 4.78 is 6.87. The van der Waals surface area contributed by atoms with Crippen LogP contribution in [0.25, 0.3) is 0 Å². The van der Waals surface area contributed by atoms with Gasteiger partial charge in [-0.3, -0.25) is 4.79 Å². The minimum Gasteiger partial charge on any atom is -0.479 e. The van der Waals surface area contributed by atoms with E-state index in [0.717, 1.165) is 14.5 Å². The maximum atomic E-state index is 11.9. The topological polar surface area (TPSA) is 50.7 Å². The number of carbonyl (C=O) groups is 1. The quantitative estimate of drug-likeness (QED) is 0.393. The van der Waals surface area contributed by atoms with E-state index in [9.17, 15) is 4.79 Å². The molecule has 7 heteroatoms. The number of ether oxygens (including phenoxy) is 1. The van der Waals surface area contributed by atoms with Gasteiger partial charge in [0.05, 0.1) is 15.2 Å². The third-order valence-electron chi connectivity index (χ3n) is 2.81. The van der Waals surface area contributed by atoms with Crippen molar-refractivity contribution >= 4 is 55.6 Å². The Balaban J connectivity index is 2.05. The molecule has 2 rings (SSSR count). The fraction of sp³-hybridized carbons (Fsp3) is 0.0588. The van der Waals surface area contributed by atoms with E-state index < -0.39 is 0 Å². The van der Waals surface area contributed by atoms with Gasteiger partial charge in [-0.15, -0.1) is 6.42 Å². The number of hydrazone groups is 1. The number of carbonyl (C=O) groups excluding carboxylic acids is 1. The Hall–Kier alpha value is -1.81. The number of nitrogens with zero attached hydrogens (tertiary/aromatic N) is 1. The Morgan fingerprint density at radius 3 is 2.50 bits per heavy atom. The molecule has 0 unspecified atom stereocenters. The zero-order valence-corrected chi connectivity index (χ0v) is 16.2. The second kappa shape index (κ2) is 8.88. The molecule has 0 radical (unpaired) electrons. The number of nitrogens with one attached hydrogen (secondary N) is 1. The molecule has 0 heterocycles. The van der Waals surface area contributed by atoms with E-state index in [0.29, 0.717) is 16.3 Å². The van der Waals surface area contributed by atoms with Gasteiger partial charge in [-0.2, -0.15) is 5.10 Å². The number of hydrogen-bond donors (Lipinski definition) is 1. The predicted molar refractivity (Wildman–Crippen MR) is 103 cm³/mol. The minimum absolute atomic E-state index is 0.168. The lowest BCUT2D eigenvalue weighted by molar-refractivity contribution is 0.0955. The molecule has 2 aromatic rings. The van der Waals surface area contributed by atoms with Crippen molar-refractivity contribution in [1.29, 1.82) is 0 Å². The van der Waals surface area contributed by atoms with Crippen LogP contribution in [-0.2, 0) is 0 Å². The van der Waals surface area contributed by atoms with Crippen LogP contribution in [0.5, 0.6) is 5.75 Å². The first-order chi connectivity index (χ1) is 11.5. The van der Waals surface area contributed by atoms with Crippen molar-refractivity contribution in [3.63, 3.8) is 0 Å². The van der Waals surface area contributed by atoms with Crippen molar-refractivity contribution in [2.75, 3.05) is 6.61 Å². The van der Waals surface area contributed by atoms with Crippen LogP contribution >= 0.6 is 43.5 Å².